The van der Waals surface area contributed by atoms with Gasteiger partial charge in [-0.3, -0.25) is 0 Å². The lowest BCUT2D eigenvalue weighted by Gasteiger charge is -2.20. The molecular weight excluding hydrogens is 336 g/mol. The summed E-state index contributed by atoms with van der Waals surface area (Å²) < 4.78 is 0.791. The van der Waals surface area contributed by atoms with Gasteiger partial charge >= 0.3 is 0 Å². The fraction of sp³-hybridized carbons (Fsp3) is 0.375. The molecule has 0 aliphatic rings. The average molecular weight is 354 g/mol. The Morgan fingerprint density at radius 2 is 1.90 bits per heavy atom. The summed E-state index contributed by atoms with van der Waals surface area (Å²) in [7, 11) is 0. The van der Waals surface area contributed by atoms with Gasteiger partial charge in [0.1, 0.15) is 11.0 Å². The number of halogens is 2. The van der Waals surface area contributed by atoms with Crippen molar-refractivity contribution < 1.29 is 0 Å². The highest BCUT2D eigenvalue weighted by Crippen LogP contribution is 2.32. The maximum absolute atomic E-state index is 6.22. The van der Waals surface area contributed by atoms with Crippen molar-refractivity contribution in [2.75, 3.05) is 0 Å². The van der Waals surface area contributed by atoms with Gasteiger partial charge in [-0.2, -0.15) is 0 Å². The van der Waals surface area contributed by atoms with E-state index in [1.165, 1.54) is 11.1 Å². The molecule has 0 unspecified atom stereocenters. The summed E-state index contributed by atoms with van der Waals surface area (Å²) in [5.74, 6) is 0.758. The van der Waals surface area contributed by atoms with Crippen LogP contribution in [-0.2, 0) is 11.8 Å². The van der Waals surface area contributed by atoms with E-state index in [0.29, 0.717) is 11.6 Å². The van der Waals surface area contributed by atoms with Crippen LogP contribution in [0.15, 0.2) is 28.7 Å². The molecule has 106 valence electrons. The van der Waals surface area contributed by atoms with Gasteiger partial charge in [0.05, 0.1) is 10.2 Å². The molecule has 1 heterocycles. The van der Waals surface area contributed by atoms with Crippen LogP contribution >= 0.6 is 27.5 Å². The number of nitrogens with zero attached hydrogens (tertiary/aromatic N) is 2. The lowest BCUT2D eigenvalue weighted by molar-refractivity contribution is 0.559. The maximum atomic E-state index is 6.22. The summed E-state index contributed by atoms with van der Waals surface area (Å²) in [5.41, 5.74) is 3.30. The Kier molecular flexibility index (Phi) is 4.50. The summed E-state index contributed by atoms with van der Waals surface area (Å²) in [6, 6.07) is 8.37. The summed E-state index contributed by atoms with van der Waals surface area (Å²) in [6.07, 6.45) is 0.692. The molecule has 0 aliphatic carbocycles. The third-order valence-corrected chi connectivity index (χ3v) is 4.27. The normalized spacial score (nSPS) is 11.7. The molecule has 0 N–H and O–H groups in total. The number of hydrogen-bond acceptors (Lipinski definition) is 2. The van der Waals surface area contributed by atoms with Crippen LogP contribution in [0, 0.1) is 6.92 Å². The second-order valence-electron chi connectivity index (χ2n) is 6.01. The van der Waals surface area contributed by atoms with Gasteiger partial charge in [-0.15, -0.1) is 0 Å². The SMILES string of the molecule is Cc1cccc(Cc2nc(Cl)c(Br)c(C(C)(C)C)n2)c1. The standard InChI is InChI=1S/C16H18BrClN2/c1-10-6-5-7-11(8-10)9-12-19-14(16(2,3)4)13(17)15(18)20-12/h5-8H,9H2,1-4H3. The minimum Gasteiger partial charge on any atom is -0.236 e. The third kappa shape index (κ3) is 3.58. The Hall–Kier alpha value is -0.930. The molecule has 1 aromatic carbocycles. The Bertz CT molecular complexity index is 633. The second-order valence-corrected chi connectivity index (χ2v) is 7.16. The highest BCUT2D eigenvalue weighted by atomic mass is 79.9. The van der Waals surface area contributed by atoms with Crippen LogP contribution in [-0.4, -0.2) is 9.97 Å². The van der Waals surface area contributed by atoms with Crippen molar-refractivity contribution in [1.82, 2.24) is 9.97 Å². The third-order valence-electron chi connectivity index (χ3n) is 3.01. The summed E-state index contributed by atoms with van der Waals surface area (Å²) in [4.78, 5) is 9.07. The monoisotopic (exact) mass is 352 g/mol. The van der Waals surface area contributed by atoms with Gasteiger partial charge in [0.25, 0.3) is 0 Å². The molecule has 4 heteroatoms. The van der Waals surface area contributed by atoms with Gasteiger partial charge in [0.15, 0.2) is 0 Å². The Balaban J connectivity index is 2.41. The van der Waals surface area contributed by atoms with Crippen molar-refractivity contribution in [2.24, 2.45) is 0 Å². The zero-order chi connectivity index (χ0) is 14.9. The van der Waals surface area contributed by atoms with Crippen molar-refractivity contribution in [3.63, 3.8) is 0 Å². The molecule has 0 saturated heterocycles. The number of benzene rings is 1. The number of aromatic nitrogens is 2. The lowest BCUT2D eigenvalue weighted by Crippen LogP contribution is -2.17. The van der Waals surface area contributed by atoms with Crippen LogP contribution < -0.4 is 0 Å². The predicted octanol–water partition coefficient (Wildman–Crippen LogP) is 5.09. The van der Waals surface area contributed by atoms with Crippen molar-refractivity contribution >= 4 is 27.5 Å². The largest absolute Gasteiger partial charge is 0.236 e. The molecule has 2 aromatic rings. The van der Waals surface area contributed by atoms with E-state index in [2.05, 4.69) is 77.9 Å². The van der Waals surface area contributed by atoms with Crippen LogP contribution in [0.4, 0.5) is 0 Å². The van der Waals surface area contributed by atoms with Crippen LogP contribution in [0.1, 0.15) is 43.4 Å². The van der Waals surface area contributed by atoms with Crippen LogP contribution in [0.2, 0.25) is 5.15 Å². The smallest absolute Gasteiger partial charge is 0.147 e. The molecule has 0 aliphatic heterocycles. The molecule has 0 saturated carbocycles. The Labute approximate surface area is 133 Å². The quantitative estimate of drug-likeness (QED) is 0.703. The molecule has 20 heavy (non-hydrogen) atoms. The number of hydrogen-bond donors (Lipinski definition) is 0. The second kappa shape index (κ2) is 5.82. The zero-order valence-electron chi connectivity index (χ0n) is 12.2. The molecule has 0 bridgehead atoms. The van der Waals surface area contributed by atoms with Gasteiger partial charge in [-0.25, -0.2) is 9.97 Å². The minimum atomic E-state index is -0.0766. The molecule has 0 atom stereocenters. The van der Waals surface area contributed by atoms with Gasteiger partial charge in [0, 0.05) is 11.8 Å². The van der Waals surface area contributed by atoms with E-state index in [9.17, 15) is 0 Å². The lowest BCUT2D eigenvalue weighted by atomic mass is 9.92. The summed E-state index contributed by atoms with van der Waals surface area (Å²) >= 11 is 9.71. The van der Waals surface area contributed by atoms with Gasteiger partial charge in [-0.05, 0) is 28.4 Å². The van der Waals surface area contributed by atoms with E-state index in [-0.39, 0.29) is 5.41 Å². The Morgan fingerprint density at radius 3 is 2.50 bits per heavy atom. The highest BCUT2D eigenvalue weighted by Gasteiger charge is 2.22. The van der Waals surface area contributed by atoms with E-state index >= 15 is 0 Å². The van der Waals surface area contributed by atoms with Crippen molar-refractivity contribution in [2.45, 2.75) is 39.5 Å². The average Bonchev–Trinajstić information content (AvgIpc) is 2.32. The van der Waals surface area contributed by atoms with Gasteiger partial charge in [0.2, 0.25) is 0 Å². The predicted molar refractivity (Wildman–Crippen MR) is 87.4 cm³/mol. The molecule has 2 rings (SSSR count). The number of aryl methyl sites for hydroxylation is 1. The topological polar surface area (TPSA) is 25.8 Å². The first-order valence-corrected chi connectivity index (χ1v) is 7.72. The van der Waals surface area contributed by atoms with Crippen LogP contribution in [0.25, 0.3) is 0 Å². The fourth-order valence-corrected chi connectivity index (χ4v) is 3.00. The molecule has 0 amide bonds. The van der Waals surface area contributed by atoms with Gasteiger partial charge in [-0.1, -0.05) is 62.2 Å². The van der Waals surface area contributed by atoms with Crippen LogP contribution in [0.5, 0.6) is 0 Å². The van der Waals surface area contributed by atoms with Gasteiger partial charge < -0.3 is 0 Å². The molecule has 0 spiro atoms. The minimum absolute atomic E-state index is 0.0766. The summed E-state index contributed by atoms with van der Waals surface area (Å²) in [5, 5.41) is 0.479. The van der Waals surface area contributed by atoms with E-state index < -0.39 is 0 Å². The van der Waals surface area contributed by atoms with Crippen molar-refractivity contribution in [3.05, 3.63) is 56.5 Å². The first-order chi connectivity index (χ1) is 9.27. The highest BCUT2D eigenvalue weighted by molar-refractivity contribution is 9.10. The summed E-state index contributed by atoms with van der Waals surface area (Å²) in [6.45, 7) is 8.44. The zero-order valence-corrected chi connectivity index (χ0v) is 14.5. The molecule has 0 radical (unpaired) electrons. The molecular formula is C16H18BrClN2. The fourth-order valence-electron chi connectivity index (χ4n) is 2.04. The Morgan fingerprint density at radius 1 is 1.20 bits per heavy atom. The first kappa shape index (κ1) is 15.5. The van der Waals surface area contributed by atoms with E-state index in [1.54, 1.807) is 0 Å². The van der Waals surface area contributed by atoms with Crippen LogP contribution in [0.3, 0.4) is 0 Å². The maximum Gasteiger partial charge on any atom is 0.147 e. The van der Waals surface area contributed by atoms with Crippen molar-refractivity contribution in [3.8, 4) is 0 Å². The molecule has 0 fully saturated rings. The molecule has 1 aromatic heterocycles. The number of rotatable bonds is 2. The molecule has 2 nitrogen and oxygen atoms in total. The van der Waals surface area contributed by atoms with E-state index in [1.807, 2.05) is 0 Å². The van der Waals surface area contributed by atoms with E-state index in [4.69, 9.17) is 11.6 Å². The first-order valence-electron chi connectivity index (χ1n) is 6.55. The van der Waals surface area contributed by atoms with E-state index in [0.717, 1.165) is 16.0 Å². The van der Waals surface area contributed by atoms with Crippen molar-refractivity contribution in [1.29, 1.82) is 0 Å².